The molecule has 2 N–H and O–H groups in total. The van der Waals surface area contributed by atoms with Gasteiger partial charge in [0.05, 0.1) is 24.2 Å². The summed E-state index contributed by atoms with van der Waals surface area (Å²) in [4.78, 5) is 42.1. The van der Waals surface area contributed by atoms with Crippen LogP contribution in [0.15, 0.2) is 60.9 Å². The lowest BCUT2D eigenvalue weighted by atomic mass is 10.1. The summed E-state index contributed by atoms with van der Waals surface area (Å²) in [6, 6.07) is 14.9. The minimum absolute atomic E-state index is 0.182. The molecule has 2 fully saturated rings. The number of nitrogens with zero attached hydrogens (tertiary/aromatic N) is 6. The maximum atomic E-state index is 13.6. The number of piperazine rings is 1. The zero-order valence-electron chi connectivity index (χ0n) is 23.2. The van der Waals surface area contributed by atoms with Crippen molar-refractivity contribution in [3.8, 4) is 11.8 Å². The van der Waals surface area contributed by atoms with Crippen LogP contribution < -0.4 is 10.6 Å². The normalized spacial score (nSPS) is 18.7. The van der Waals surface area contributed by atoms with Crippen LogP contribution in [0.5, 0.6) is 0 Å². The average Bonchev–Trinajstić information content (AvgIpc) is 3.57. The van der Waals surface area contributed by atoms with E-state index in [4.69, 9.17) is 5.26 Å². The first-order valence-electron chi connectivity index (χ1n) is 14.1. The Bertz CT molecular complexity index is 1410. The van der Waals surface area contributed by atoms with Gasteiger partial charge in [-0.05, 0) is 67.8 Å². The molecule has 0 spiro atoms. The van der Waals surface area contributed by atoms with Gasteiger partial charge in [0.1, 0.15) is 18.3 Å². The Hall–Kier alpha value is -4.63. The summed E-state index contributed by atoms with van der Waals surface area (Å²) in [6.45, 7) is 2.06. The first kappa shape index (κ1) is 28.9. The summed E-state index contributed by atoms with van der Waals surface area (Å²) in [5.41, 5.74) is 2.28. The average molecular weight is 573 g/mol. The topological polar surface area (TPSA) is 136 Å². The summed E-state index contributed by atoms with van der Waals surface area (Å²) in [5, 5.41) is 23.0. The second-order valence-corrected chi connectivity index (χ2v) is 10.6. The zero-order chi connectivity index (χ0) is 29.5. The Kier molecular flexibility index (Phi) is 9.18. The highest BCUT2D eigenvalue weighted by Gasteiger charge is 2.37. The van der Waals surface area contributed by atoms with Crippen LogP contribution >= 0.6 is 0 Å². The van der Waals surface area contributed by atoms with Gasteiger partial charge < -0.3 is 20.4 Å². The lowest BCUT2D eigenvalue weighted by Gasteiger charge is -2.36. The number of halogens is 1. The number of carbonyl (C=O) groups is 3. The van der Waals surface area contributed by atoms with Crippen molar-refractivity contribution in [3.63, 3.8) is 0 Å². The molecule has 1 saturated heterocycles. The monoisotopic (exact) mass is 572 g/mol. The van der Waals surface area contributed by atoms with E-state index in [0.29, 0.717) is 63.1 Å². The van der Waals surface area contributed by atoms with Gasteiger partial charge in [-0.2, -0.15) is 5.26 Å². The van der Waals surface area contributed by atoms with E-state index in [1.165, 1.54) is 12.1 Å². The molecule has 0 unspecified atom stereocenters. The van der Waals surface area contributed by atoms with Gasteiger partial charge in [-0.25, -0.2) is 9.07 Å². The largest absolute Gasteiger partial charge is 0.340 e. The molecule has 1 aliphatic carbocycles. The number of nitrogens with one attached hydrogen (secondary N) is 2. The number of carbonyl (C=O) groups excluding carboxylic acids is 3. The number of rotatable bonds is 11. The summed E-state index contributed by atoms with van der Waals surface area (Å²) in [6.07, 6.45) is 5.17. The number of aromatic nitrogens is 3. The van der Waals surface area contributed by atoms with Gasteiger partial charge in [0.15, 0.2) is 0 Å². The SMILES string of the molecule is N#CCC(=O)N1CCN(C(=O)[C@H](CCCN[C@@H]2C[C@H]2c2ccc(F)cc2)NC(=O)c2ccc(-n3ccnn3)cc2)CC1. The molecule has 1 aromatic heterocycles. The third kappa shape index (κ3) is 7.16. The van der Waals surface area contributed by atoms with Crippen molar-refractivity contribution in [2.75, 3.05) is 32.7 Å². The van der Waals surface area contributed by atoms with E-state index in [9.17, 15) is 18.8 Å². The molecule has 1 aliphatic heterocycles. The quantitative estimate of drug-likeness (QED) is 0.336. The van der Waals surface area contributed by atoms with Crippen molar-refractivity contribution >= 4 is 17.7 Å². The van der Waals surface area contributed by atoms with Gasteiger partial charge >= 0.3 is 0 Å². The molecule has 5 rings (SSSR count). The fourth-order valence-electron chi connectivity index (χ4n) is 5.28. The molecule has 0 radical (unpaired) electrons. The molecular formula is C30H33FN8O3. The van der Waals surface area contributed by atoms with Gasteiger partial charge in [0.2, 0.25) is 11.8 Å². The smallest absolute Gasteiger partial charge is 0.251 e. The maximum Gasteiger partial charge on any atom is 0.251 e. The molecule has 0 bridgehead atoms. The fourth-order valence-corrected chi connectivity index (χ4v) is 5.28. The van der Waals surface area contributed by atoms with Crippen molar-refractivity contribution in [2.24, 2.45) is 0 Å². The summed E-state index contributed by atoms with van der Waals surface area (Å²) in [5.74, 6) is -0.682. The standard InChI is InChI=1S/C30H33FN8O3/c31-23-7-3-21(4-8-23)25-20-27(25)33-13-1-2-26(30(42)38-18-16-37(17-19-38)28(40)11-12-32)35-29(41)22-5-9-24(10-6-22)39-15-14-34-36-39/h3-10,14-15,25-27,33H,1-2,11,13,16-20H2,(H,35,41)/t25-,26-,27+/m0/s1. The molecule has 2 aromatic carbocycles. The number of amides is 3. The van der Waals surface area contributed by atoms with Crippen LogP contribution in [0, 0.1) is 17.1 Å². The molecule has 3 aromatic rings. The molecule has 2 aliphatic rings. The van der Waals surface area contributed by atoms with E-state index in [0.717, 1.165) is 17.7 Å². The second-order valence-electron chi connectivity index (χ2n) is 10.6. The molecule has 3 atom stereocenters. The van der Waals surface area contributed by atoms with Crippen LogP contribution in [-0.4, -0.2) is 87.3 Å². The third-order valence-electron chi connectivity index (χ3n) is 7.76. The first-order valence-corrected chi connectivity index (χ1v) is 14.1. The van der Waals surface area contributed by atoms with Crippen molar-refractivity contribution in [1.29, 1.82) is 5.26 Å². The van der Waals surface area contributed by atoms with E-state index in [1.807, 2.05) is 18.2 Å². The van der Waals surface area contributed by atoms with E-state index >= 15 is 0 Å². The Morgan fingerprint density at radius 1 is 1.02 bits per heavy atom. The Morgan fingerprint density at radius 2 is 1.74 bits per heavy atom. The minimum atomic E-state index is -0.734. The first-order chi connectivity index (χ1) is 20.4. The van der Waals surface area contributed by atoms with Crippen molar-refractivity contribution in [2.45, 2.75) is 43.7 Å². The number of nitriles is 1. The molecule has 11 nitrogen and oxygen atoms in total. The van der Waals surface area contributed by atoms with E-state index < -0.39 is 6.04 Å². The zero-order valence-corrected chi connectivity index (χ0v) is 23.2. The van der Waals surface area contributed by atoms with Crippen molar-refractivity contribution in [1.82, 2.24) is 35.4 Å². The van der Waals surface area contributed by atoms with Crippen LogP contribution in [0.25, 0.3) is 5.69 Å². The Labute approximate surface area is 243 Å². The van der Waals surface area contributed by atoms with E-state index in [1.54, 1.807) is 51.1 Å². The summed E-state index contributed by atoms with van der Waals surface area (Å²) in [7, 11) is 0. The van der Waals surface area contributed by atoms with Crippen LogP contribution in [0.2, 0.25) is 0 Å². The second kappa shape index (κ2) is 13.4. The third-order valence-corrected chi connectivity index (χ3v) is 7.76. The molecule has 12 heteroatoms. The molecular weight excluding hydrogens is 539 g/mol. The fraction of sp³-hybridized carbons (Fsp3) is 0.400. The molecule has 2 heterocycles. The molecule has 218 valence electrons. The number of benzene rings is 2. The van der Waals surface area contributed by atoms with Crippen LogP contribution in [-0.2, 0) is 9.59 Å². The summed E-state index contributed by atoms with van der Waals surface area (Å²) >= 11 is 0. The van der Waals surface area contributed by atoms with Gasteiger partial charge in [-0.1, -0.05) is 17.3 Å². The van der Waals surface area contributed by atoms with E-state index in [-0.39, 0.29) is 30.0 Å². The van der Waals surface area contributed by atoms with Crippen molar-refractivity contribution in [3.05, 3.63) is 77.9 Å². The highest BCUT2D eigenvalue weighted by atomic mass is 19.1. The van der Waals surface area contributed by atoms with E-state index in [2.05, 4.69) is 20.9 Å². The van der Waals surface area contributed by atoms with Crippen LogP contribution in [0.1, 0.15) is 47.5 Å². The van der Waals surface area contributed by atoms with Crippen LogP contribution in [0.4, 0.5) is 4.39 Å². The lowest BCUT2D eigenvalue weighted by molar-refractivity contribution is -0.140. The summed E-state index contributed by atoms with van der Waals surface area (Å²) < 4.78 is 14.8. The highest BCUT2D eigenvalue weighted by Crippen LogP contribution is 2.40. The highest BCUT2D eigenvalue weighted by molar-refractivity contribution is 5.97. The Balaban J connectivity index is 1.17. The molecule has 3 amide bonds. The predicted octanol–water partition coefficient (Wildman–Crippen LogP) is 2.02. The Morgan fingerprint density at radius 3 is 2.40 bits per heavy atom. The van der Waals surface area contributed by atoms with Gasteiger partial charge in [0, 0.05) is 43.7 Å². The van der Waals surface area contributed by atoms with Crippen LogP contribution in [0.3, 0.4) is 0 Å². The van der Waals surface area contributed by atoms with Gasteiger partial charge in [0.25, 0.3) is 5.91 Å². The van der Waals surface area contributed by atoms with Gasteiger partial charge in [-0.3, -0.25) is 14.4 Å². The van der Waals surface area contributed by atoms with Gasteiger partial charge in [-0.15, -0.1) is 5.10 Å². The van der Waals surface area contributed by atoms with Crippen molar-refractivity contribution < 1.29 is 18.8 Å². The maximum absolute atomic E-state index is 13.6. The molecule has 42 heavy (non-hydrogen) atoms. The predicted molar refractivity (Wildman–Crippen MR) is 151 cm³/mol. The molecule has 1 saturated carbocycles. The lowest BCUT2D eigenvalue weighted by Crippen LogP contribution is -2.55. The number of hydrogen-bond donors (Lipinski definition) is 2. The number of hydrogen-bond acceptors (Lipinski definition) is 7. The minimum Gasteiger partial charge on any atom is -0.340 e.